The molecule has 0 bridgehead atoms. The summed E-state index contributed by atoms with van der Waals surface area (Å²) in [6, 6.07) is 56.5. The first-order valence-electron chi connectivity index (χ1n) is 15.7. The van der Waals surface area contributed by atoms with Crippen LogP contribution in [-0.2, 0) is 0 Å². The summed E-state index contributed by atoms with van der Waals surface area (Å²) in [5.74, 6) is 0. The Bertz CT molecular complexity index is 2900. The zero-order valence-electron chi connectivity index (χ0n) is 25.2. The zero-order valence-corrected chi connectivity index (χ0v) is 26.0. The summed E-state index contributed by atoms with van der Waals surface area (Å²) in [5, 5.41) is 17.2. The van der Waals surface area contributed by atoms with Gasteiger partial charge in [0, 0.05) is 53.1 Å². The topological polar surface area (TPSA) is 33.6 Å². The summed E-state index contributed by atoms with van der Waals surface area (Å²) in [4.78, 5) is 0. The Hall–Kier alpha value is -6.15. The van der Waals surface area contributed by atoms with E-state index in [1.165, 1.54) is 53.0 Å². The van der Waals surface area contributed by atoms with E-state index < -0.39 is 0 Å². The van der Waals surface area contributed by atoms with Crippen molar-refractivity contribution in [2.45, 2.75) is 0 Å². The van der Waals surface area contributed by atoms with Gasteiger partial charge in [0.25, 0.3) is 0 Å². The third kappa shape index (κ3) is 3.78. The van der Waals surface area contributed by atoms with Gasteiger partial charge < -0.3 is 9.13 Å². The van der Waals surface area contributed by atoms with Crippen LogP contribution in [0.2, 0.25) is 0 Å². The predicted molar refractivity (Wildman–Crippen MR) is 198 cm³/mol. The number of aromatic nitrogens is 2. The van der Waals surface area contributed by atoms with Gasteiger partial charge in [-0.15, -0.1) is 11.3 Å². The van der Waals surface area contributed by atoms with Crippen molar-refractivity contribution in [2.75, 3.05) is 0 Å². The van der Waals surface area contributed by atoms with Gasteiger partial charge in [-0.05, 0) is 71.8 Å². The molecular weight excluding hydrogens is 591 g/mol. The van der Waals surface area contributed by atoms with E-state index in [1.54, 1.807) is 0 Å². The number of nitrogens with zero attached hydrogens (tertiary/aromatic N) is 3. The quantitative estimate of drug-likeness (QED) is 0.195. The molecule has 10 rings (SSSR count). The Balaban J connectivity index is 1.24. The van der Waals surface area contributed by atoms with Crippen LogP contribution in [0.3, 0.4) is 0 Å². The monoisotopic (exact) mass is 615 g/mol. The van der Waals surface area contributed by atoms with E-state index in [0.29, 0.717) is 5.56 Å². The number of rotatable bonds is 3. The number of para-hydroxylation sites is 2. The lowest BCUT2D eigenvalue weighted by Gasteiger charge is -2.11. The van der Waals surface area contributed by atoms with E-state index in [0.717, 1.165) is 33.3 Å². The molecule has 0 unspecified atom stereocenters. The van der Waals surface area contributed by atoms with E-state index in [9.17, 15) is 5.26 Å². The molecule has 0 saturated heterocycles. The molecule has 0 spiro atoms. The molecule has 0 fully saturated rings. The highest BCUT2D eigenvalue weighted by molar-refractivity contribution is 7.26. The molecular formula is C43H25N3S. The predicted octanol–water partition coefficient (Wildman–Crippen LogP) is 11.8. The fraction of sp³-hybridized carbons (Fsp3) is 0. The molecule has 0 amide bonds. The van der Waals surface area contributed by atoms with Gasteiger partial charge in [0.1, 0.15) is 0 Å². The standard InChI is InChI=1S/C43H25N3S/c44-26-27-17-22-33-37-24-36-32-11-4-6-15-38(32)45(29-9-2-1-3-10-29)40(36)25-41(37)46(39(33)23-27)30-20-18-28(19-21-30)31-13-8-14-35-34-12-5-7-16-42(34)47-43(31)35/h1-25H. The third-order valence-corrected chi connectivity index (χ3v) is 10.8. The number of benzene rings is 7. The number of nitriles is 1. The summed E-state index contributed by atoms with van der Waals surface area (Å²) in [6.07, 6.45) is 0. The fourth-order valence-electron chi connectivity index (χ4n) is 7.45. The second-order valence-corrected chi connectivity index (χ2v) is 13.1. The van der Waals surface area contributed by atoms with Crippen LogP contribution in [0.1, 0.15) is 5.56 Å². The highest BCUT2D eigenvalue weighted by Gasteiger charge is 2.19. The molecule has 0 atom stereocenters. The minimum atomic E-state index is 0.651. The van der Waals surface area contributed by atoms with Crippen molar-refractivity contribution in [3.05, 3.63) is 157 Å². The van der Waals surface area contributed by atoms with Crippen molar-refractivity contribution in [1.29, 1.82) is 5.26 Å². The Morgan fingerprint density at radius 2 is 1.09 bits per heavy atom. The van der Waals surface area contributed by atoms with Gasteiger partial charge in [-0.2, -0.15) is 5.26 Å². The minimum absolute atomic E-state index is 0.651. The molecule has 7 aromatic carbocycles. The van der Waals surface area contributed by atoms with E-state index >= 15 is 0 Å². The van der Waals surface area contributed by atoms with Gasteiger partial charge in [-0.1, -0.05) is 91.0 Å². The van der Waals surface area contributed by atoms with Gasteiger partial charge in [0.15, 0.2) is 0 Å². The molecule has 3 nitrogen and oxygen atoms in total. The molecule has 0 aliphatic rings. The van der Waals surface area contributed by atoms with Crippen molar-refractivity contribution in [1.82, 2.24) is 9.13 Å². The average Bonchev–Trinajstić information content (AvgIpc) is 3.78. The van der Waals surface area contributed by atoms with Gasteiger partial charge in [-0.3, -0.25) is 0 Å². The number of hydrogen-bond donors (Lipinski definition) is 0. The van der Waals surface area contributed by atoms with Crippen molar-refractivity contribution < 1.29 is 0 Å². The highest BCUT2D eigenvalue weighted by atomic mass is 32.1. The van der Waals surface area contributed by atoms with Crippen LogP contribution in [0.25, 0.3) is 86.3 Å². The van der Waals surface area contributed by atoms with Crippen molar-refractivity contribution in [2.24, 2.45) is 0 Å². The maximum atomic E-state index is 9.88. The van der Waals surface area contributed by atoms with Gasteiger partial charge in [-0.25, -0.2) is 0 Å². The number of fused-ring (bicyclic) bond motifs is 9. The van der Waals surface area contributed by atoms with Crippen LogP contribution in [0, 0.1) is 11.3 Å². The molecule has 10 aromatic rings. The van der Waals surface area contributed by atoms with Crippen molar-refractivity contribution >= 4 is 75.1 Å². The normalized spacial score (nSPS) is 11.8. The molecule has 0 N–H and O–H groups in total. The molecule has 3 heterocycles. The highest BCUT2D eigenvalue weighted by Crippen LogP contribution is 2.42. The van der Waals surface area contributed by atoms with Crippen LogP contribution >= 0.6 is 11.3 Å². The Morgan fingerprint density at radius 1 is 0.447 bits per heavy atom. The molecule has 3 aromatic heterocycles. The molecule has 0 radical (unpaired) electrons. The number of thiophene rings is 1. The maximum Gasteiger partial charge on any atom is 0.0992 e. The van der Waals surface area contributed by atoms with E-state index in [-0.39, 0.29) is 0 Å². The zero-order chi connectivity index (χ0) is 31.1. The summed E-state index contributed by atoms with van der Waals surface area (Å²) >= 11 is 1.86. The molecule has 4 heteroatoms. The molecule has 218 valence electrons. The lowest BCUT2D eigenvalue weighted by Crippen LogP contribution is -1.96. The SMILES string of the molecule is N#Cc1ccc2c3cc4c5ccccc5n(-c5ccccc5)c4cc3n(-c3ccc(-c4cccc5c4sc4ccccc45)cc3)c2c1. The molecule has 0 aliphatic carbocycles. The summed E-state index contributed by atoms with van der Waals surface area (Å²) in [6.45, 7) is 0. The van der Waals surface area contributed by atoms with Gasteiger partial charge >= 0.3 is 0 Å². The van der Waals surface area contributed by atoms with Gasteiger partial charge in [0.2, 0.25) is 0 Å². The minimum Gasteiger partial charge on any atom is -0.309 e. The van der Waals surface area contributed by atoms with Crippen LogP contribution in [0.15, 0.2) is 152 Å². The number of hydrogen-bond acceptors (Lipinski definition) is 2. The Kier molecular flexibility index (Phi) is 5.51. The Morgan fingerprint density at radius 3 is 1.89 bits per heavy atom. The van der Waals surface area contributed by atoms with E-state index in [4.69, 9.17) is 0 Å². The summed E-state index contributed by atoms with van der Waals surface area (Å²) in [5.41, 5.74) is 9.77. The first-order chi connectivity index (χ1) is 23.3. The van der Waals surface area contributed by atoms with Crippen LogP contribution in [0.4, 0.5) is 0 Å². The van der Waals surface area contributed by atoms with Crippen LogP contribution in [-0.4, -0.2) is 9.13 Å². The average molecular weight is 616 g/mol. The lowest BCUT2D eigenvalue weighted by atomic mass is 10.0. The first-order valence-corrected chi connectivity index (χ1v) is 16.6. The summed E-state index contributed by atoms with van der Waals surface area (Å²) in [7, 11) is 0. The second kappa shape index (κ2) is 9.92. The van der Waals surface area contributed by atoms with Crippen molar-refractivity contribution in [3.63, 3.8) is 0 Å². The van der Waals surface area contributed by atoms with E-state index in [2.05, 4.69) is 155 Å². The first kappa shape index (κ1) is 26.1. The van der Waals surface area contributed by atoms with Crippen molar-refractivity contribution in [3.8, 4) is 28.6 Å². The molecule has 0 aliphatic heterocycles. The smallest absolute Gasteiger partial charge is 0.0992 e. The van der Waals surface area contributed by atoms with Crippen LogP contribution < -0.4 is 0 Å². The van der Waals surface area contributed by atoms with E-state index in [1.807, 2.05) is 23.5 Å². The lowest BCUT2D eigenvalue weighted by molar-refractivity contribution is 1.16. The maximum absolute atomic E-state index is 9.88. The second-order valence-electron chi connectivity index (χ2n) is 12.1. The van der Waals surface area contributed by atoms with Crippen LogP contribution in [0.5, 0.6) is 0 Å². The Labute approximate surface area is 274 Å². The third-order valence-electron chi connectivity index (χ3n) is 9.54. The largest absolute Gasteiger partial charge is 0.309 e. The molecule has 47 heavy (non-hydrogen) atoms. The molecule has 0 saturated carbocycles. The van der Waals surface area contributed by atoms with Gasteiger partial charge in [0.05, 0.1) is 33.7 Å². The summed E-state index contributed by atoms with van der Waals surface area (Å²) < 4.78 is 7.31. The fourth-order valence-corrected chi connectivity index (χ4v) is 8.68.